The highest BCUT2D eigenvalue weighted by atomic mass is 35.5. The van der Waals surface area contributed by atoms with Crippen molar-refractivity contribution in [1.82, 2.24) is 19.6 Å². The molecule has 0 saturated heterocycles. The Balaban J connectivity index is 0.00000304. The molecule has 188 valence electrons. The van der Waals surface area contributed by atoms with Gasteiger partial charge in [0, 0.05) is 34.1 Å². The summed E-state index contributed by atoms with van der Waals surface area (Å²) < 4.78 is 28.5. The number of hydrogen-bond donors (Lipinski definition) is 0. The van der Waals surface area contributed by atoms with E-state index in [0.29, 0.717) is 22.6 Å². The quantitative estimate of drug-likeness (QED) is 0.329. The van der Waals surface area contributed by atoms with Gasteiger partial charge in [-0.25, -0.2) is 9.18 Å². The van der Waals surface area contributed by atoms with E-state index in [1.807, 2.05) is 25.1 Å². The molecule has 0 radical (unpaired) electrons. The van der Waals surface area contributed by atoms with Crippen LogP contribution in [0.1, 0.15) is 43.2 Å². The molecule has 36 heavy (non-hydrogen) atoms. The second-order valence-electron chi connectivity index (χ2n) is 9.50. The molecule has 10 heteroatoms. The van der Waals surface area contributed by atoms with Crippen LogP contribution < -0.4 is 4.90 Å². The van der Waals surface area contributed by atoms with Crippen molar-refractivity contribution in [1.29, 1.82) is 0 Å². The van der Waals surface area contributed by atoms with Crippen LogP contribution in [0.2, 0.25) is 0 Å². The fraction of sp³-hybridized carbons (Fsp3) is 0.308. The minimum atomic E-state index is -0.747. The number of rotatable bonds is 1. The van der Waals surface area contributed by atoms with Gasteiger partial charge in [-0.05, 0) is 51.5 Å². The number of anilines is 1. The molecule has 1 aliphatic heterocycles. The van der Waals surface area contributed by atoms with Crippen molar-refractivity contribution in [2.24, 2.45) is 0 Å². The number of benzene rings is 1. The lowest BCUT2D eigenvalue weighted by Crippen LogP contribution is -2.38. The van der Waals surface area contributed by atoms with Crippen LogP contribution in [0.3, 0.4) is 0 Å². The van der Waals surface area contributed by atoms with Gasteiger partial charge in [0.1, 0.15) is 23.6 Å². The standard InChI is InChI=1S/C26H26FN5O3.ClH/c1-16-19(8-6-10-28-16)20-11-18-14-34-13-17-7-5-9-22(27)21(17)12-31(25(33)35-26(2,3)4)24(18)32-15-29-30-23(20)32;/h5-11,15H,12-14H2,1-4H3;1H. The van der Waals surface area contributed by atoms with Crippen LogP contribution in [-0.2, 0) is 29.2 Å². The van der Waals surface area contributed by atoms with Gasteiger partial charge in [-0.3, -0.25) is 14.3 Å². The van der Waals surface area contributed by atoms with E-state index in [9.17, 15) is 9.18 Å². The highest BCUT2D eigenvalue weighted by molar-refractivity contribution is 5.91. The zero-order valence-electron chi connectivity index (χ0n) is 20.5. The van der Waals surface area contributed by atoms with E-state index in [-0.39, 0.29) is 32.2 Å². The topological polar surface area (TPSA) is 81.9 Å². The Hall–Kier alpha value is -3.56. The molecular formula is C26H27ClFN5O3. The van der Waals surface area contributed by atoms with Gasteiger partial charge in [0.05, 0.1) is 19.8 Å². The van der Waals surface area contributed by atoms with Crippen molar-refractivity contribution in [3.63, 3.8) is 0 Å². The zero-order chi connectivity index (χ0) is 24.7. The number of carbonyl (C=O) groups excluding carboxylic acids is 1. The normalized spacial score (nSPS) is 13.6. The van der Waals surface area contributed by atoms with Crippen molar-refractivity contribution < 1.29 is 18.7 Å². The predicted octanol–water partition coefficient (Wildman–Crippen LogP) is 5.63. The molecule has 1 aromatic carbocycles. The molecule has 0 spiro atoms. The first-order chi connectivity index (χ1) is 16.7. The maximum atomic E-state index is 15.0. The van der Waals surface area contributed by atoms with Gasteiger partial charge in [-0.1, -0.05) is 18.2 Å². The maximum absolute atomic E-state index is 15.0. The average molecular weight is 512 g/mol. The number of fused-ring (bicyclic) bond motifs is 4. The van der Waals surface area contributed by atoms with E-state index in [0.717, 1.165) is 22.4 Å². The lowest BCUT2D eigenvalue weighted by atomic mass is 10.0. The number of carbonyl (C=O) groups is 1. The molecule has 5 rings (SSSR count). The molecule has 0 saturated carbocycles. The fourth-order valence-corrected chi connectivity index (χ4v) is 4.30. The molecule has 1 aliphatic rings. The summed E-state index contributed by atoms with van der Waals surface area (Å²) >= 11 is 0. The highest BCUT2D eigenvalue weighted by Crippen LogP contribution is 2.35. The minimum absolute atomic E-state index is 0. The molecule has 0 bridgehead atoms. The monoisotopic (exact) mass is 511 g/mol. The number of nitrogens with zero attached hydrogens (tertiary/aromatic N) is 5. The van der Waals surface area contributed by atoms with Crippen LogP contribution >= 0.6 is 12.4 Å². The zero-order valence-corrected chi connectivity index (χ0v) is 21.3. The summed E-state index contributed by atoms with van der Waals surface area (Å²) in [6, 6.07) is 10.6. The van der Waals surface area contributed by atoms with Gasteiger partial charge in [-0.15, -0.1) is 22.6 Å². The number of amides is 1. The van der Waals surface area contributed by atoms with Crippen molar-refractivity contribution >= 4 is 30.0 Å². The van der Waals surface area contributed by atoms with E-state index in [1.165, 1.54) is 11.0 Å². The first-order valence-electron chi connectivity index (χ1n) is 11.3. The first-order valence-corrected chi connectivity index (χ1v) is 11.3. The fourth-order valence-electron chi connectivity index (χ4n) is 4.30. The van der Waals surface area contributed by atoms with E-state index in [1.54, 1.807) is 49.8 Å². The van der Waals surface area contributed by atoms with Gasteiger partial charge >= 0.3 is 6.09 Å². The third-order valence-electron chi connectivity index (χ3n) is 5.84. The summed E-state index contributed by atoms with van der Waals surface area (Å²) in [5, 5.41) is 8.48. The molecule has 0 unspecified atom stereocenters. The number of aromatic nitrogens is 4. The number of hydrogen-bond acceptors (Lipinski definition) is 6. The van der Waals surface area contributed by atoms with Gasteiger partial charge in [-0.2, -0.15) is 0 Å². The summed E-state index contributed by atoms with van der Waals surface area (Å²) in [5.74, 6) is 0.0614. The summed E-state index contributed by atoms with van der Waals surface area (Å²) in [6.45, 7) is 7.66. The van der Waals surface area contributed by atoms with Crippen molar-refractivity contribution in [3.05, 3.63) is 77.1 Å². The molecule has 0 fully saturated rings. The first kappa shape index (κ1) is 25.5. The number of pyridine rings is 2. The Morgan fingerprint density at radius 3 is 2.64 bits per heavy atom. The summed E-state index contributed by atoms with van der Waals surface area (Å²) in [7, 11) is 0. The third-order valence-corrected chi connectivity index (χ3v) is 5.84. The largest absolute Gasteiger partial charge is 0.443 e. The predicted molar refractivity (Wildman–Crippen MR) is 136 cm³/mol. The molecule has 1 amide bonds. The Bertz CT molecular complexity index is 1430. The number of halogens is 2. The average Bonchev–Trinajstić information content (AvgIpc) is 3.29. The summed E-state index contributed by atoms with van der Waals surface area (Å²) in [4.78, 5) is 19.4. The maximum Gasteiger partial charge on any atom is 0.416 e. The SMILES string of the molecule is Cc1ncccc1-c1cc2c(n3cnnc13)N(C(=O)OC(C)(C)C)Cc1c(F)cccc1COC2.Cl. The van der Waals surface area contributed by atoms with E-state index in [2.05, 4.69) is 15.2 Å². The van der Waals surface area contributed by atoms with Crippen molar-refractivity contribution in [3.8, 4) is 11.1 Å². The van der Waals surface area contributed by atoms with Crippen molar-refractivity contribution in [2.75, 3.05) is 4.90 Å². The highest BCUT2D eigenvalue weighted by Gasteiger charge is 2.31. The Kier molecular flexibility index (Phi) is 6.97. The molecule has 0 atom stereocenters. The molecule has 3 aromatic heterocycles. The smallest absolute Gasteiger partial charge is 0.416 e. The third kappa shape index (κ3) is 4.76. The van der Waals surface area contributed by atoms with Crippen LogP contribution in [0.5, 0.6) is 0 Å². The summed E-state index contributed by atoms with van der Waals surface area (Å²) in [6.07, 6.45) is 2.67. The Morgan fingerprint density at radius 1 is 1.11 bits per heavy atom. The number of ether oxygens (including phenoxy) is 2. The van der Waals surface area contributed by atoms with Gasteiger partial charge in [0.2, 0.25) is 0 Å². The minimum Gasteiger partial charge on any atom is -0.443 e. The molecule has 8 nitrogen and oxygen atoms in total. The Morgan fingerprint density at radius 2 is 1.89 bits per heavy atom. The van der Waals surface area contributed by atoms with Crippen LogP contribution in [0.15, 0.2) is 48.9 Å². The second-order valence-corrected chi connectivity index (χ2v) is 9.50. The van der Waals surface area contributed by atoms with Gasteiger partial charge in [0.15, 0.2) is 5.65 Å². The van der Waals surface area contributed by atoms with Gasteiger partial charge < -0.3 is 9.47 Å². The van der Waals surface area contributed by atoms with Crippen molar-refractivity contribution in [2.45, 2.75) is 53.1 Å². The summed E-state index contributed by atoms with van der Waals surface area (Å²) in [5.41, 5.74) is 4.10. The lowest BCUT2D eigenvalue weighted by molar-refractivity contribution is 0.0575. The molecule has 0 N–H and O–H groups in total. The van der Waals surface area contributed by atoms with Gasteiger partial charge in [0.25, 0.3) is 0 Å². The van der Waals surface area contributed by atoms with E-state index >= 15 is 0 Å². The number of aryl methyl sites for hydroxylation is 1. The van der Waals surface area contributed by atoms with Crippen LogP contribution in [-0.4, -0.2) is 31.3 Å². The van der Waals surface area contributed by atoms with E-state index in [4.69, 9.17) is 9.47 Å². The van der Waals surface area contributed by atoms with E-state index < -0.39 is 17.5 Å². The van der Waals surface area contributed by atoms with Crippen LogP contribution in [0.25, 0.3) is 16.8 Å². The second kappa shape index (κ2) is 9.83. The Labute approximate surface area is 214 Å². The molecule has 4 aromatic rings. The molecule has 4 heterocycles. The molecule has 0 aliphatic carbocycles. The molecular weight excluding hydrogens is 485 g/mol. The lowest BCUT2D eigenvalue weighted by Gasteiger charge is -2.29. The van der Waals surface area contributed by atoms with Crippen LogP contribution in [0, 0.1) is 12.7 Å². The van der Waals surface area contributed by atoms with Crippen LogP contribution in [0.4, 0.5) is 15.0 Å².